The van der Waals surface area contributed by atoms with Crippen LogP contribution in [0.15, 0.2) is 30.4 Å². The number of fused-ring (bicyclic) bond motifs is 3. The molecule has 1 aliphatic carbocycles. The van der Waals surface area contributed by atoms with Gasteiger partial charge in [0.2, 0.25) is 5.91 Å². The van der Waals surface area contributed by atoms with Gasteiger partial charge in [-0.15, -0.1) is 11.8 Å². The summed E-state index contributed by atoms with van der Waals surface area (Å²) in [5, 5.41) is 21.3. The molecule has 2 N–H and O–H groups in total. The Balaban J connectivity index is 1.38. The molecular weight excluding hydrogens is 440 g/mol. The maximum absolute atomic E-state index is 12.6. The fraction of sp³-hybridized carbons (Fsp3) is 0.621. The number of aliphatic hydroxyl groups excluding tert-OH is 2. The number of rotatable bonds is 8. The molecule has 1 aromatic rings. The molecule has 0 aromatic heterocycles. The second-order valence-electron chi connectivity index (χ2n) is 10.4. The third-order valence-electron chi connectivity index (χ3n) is 7.90. The summed E-state index contributed by atoms with van der Waals surface area (Å²) in [4.78, 5) is 16.9. The van der Waals surface area contributed by atoms with Gasteiger partial charge in [0, 0.05) is 62.8 Å². The highest BCUT2D eigenvalue weighted by atomic mass is 16.5. The van der Waals surface area contributed by atoms with Gasteiger partial charge >= 0.3 is 0 Å². The maximum Gasteiger partial charge on any atom is 0.222 e. The van der Waals surface area contributed by atoms with Crippen molar-refractivity contribution in [3.8, 4) is 17.6 Å². The lowest BCUT2D eigenvalue weighted by Gasteiger charge is -2.32. The van der Waals surface area contributed by atoms with Gasteiger partial charge in [0.1, 0.15) is 11.9 Å². The number of aryl methyl sites for hydroxylation is 1. The first-order valence-corrected chi connectivity index (χ1v) is 13.1. The summed E-state index contributed by atoms with van der Waals surface area (Å²) in [6, 6.07) is 6.27. The van der Waals surface area contributed by atoms with E-state index in [1.54, 1.807) is 6.92 Å². The highest BCUT2D eigenvalue weighted by Gasteiger charge is 2.48. The average Bonchev–Trinajstić information content (AvgIpc) is 3.36. The molecule has 35 heavy (non-hydrogen) atoms. The molecule has 2 aliphatic heterocycles. The molecule has 6 nitrogen and oxygen atoms in total. The zero-order chi connectivity index (χ0) is 24.9. The van der Waals surface area contributed by atoms with Gasteiger partial charge in [-0.1, -0.05) is 37.3 Å². The highest BCUT2D eigenvalue weighted by molar-refractivity contribution is 5.76. The number of para-hydroxylation sites is 1. The van der Waals surface area contributed by atoms with Crippen molar-refractivity contribution in [2.45, 2.75) is 70.2 Å². The summed E-state index contributed by atoms with van der Waals surface area (Å²) in [6.45, 7) is 7.32. The lowest BCUT2D eigenvalue weighted by atomic mass is 9.86. The van der Waals surface area contributed by atoms with Gasteiger partial charge in [0.05, 0.1) is 12.2 Å². The van der Waals surface area contributed by atoms with Crippen LogP contribution in [0.5, 0.6) is 5.75 Å². The number of piperazine rings is 1. The number of nitrogens with zero attached hydrogens (tertiary/aromatic N) is 2. The van der Waals surface area contributed by atoms with Crippen molar-refractivity contribution in [2.24, 2.45) is 11.8 Å². The number of aliphatic hydroxyl groups is 2. The number of hydrogen-bond donors (Lipinski definition) is 2. The number of benzene rings is 1. The fourth-order valence-electron chi connectivity index (χ4n) is 5.62. The third kappa shape index (κ3) is 5.91. The Morgan fingerprint density at radius 2 is 2.06 bits per heavy atom. The number of carbonyl (C=O) groups is 1. The normalized spacial score (nSPS) is 27.6. The van der Waals surface area contributed by atoms with Gasteiger partial charge < -0.3 is 24.7 Å². The molecule has 0 radical (unpaired) electrons. The van der Waals surface area contributed by atoms with Crippen LogP contribution in [0.1, 0.15) is 56.6 Å². The first kappa shape index (κ1) is 25.8. The quantitative estimate of drug-likeness (QED) is 0.442. The number of ether oxygens (including phenoxy) is 1. The SMILES string of the molecule is CC#CC[C@H](C)[C@H](O)/C=C/[C@@H]1[C@H]2c3cccc(CCCC(=O)N4CCN(C)CC4)c3O[C@H]2C[C@H]1O. The van der Waals surface area contributed by atoms with E-state index in [0.29, 0.717) is 19.3 Å². The lowest BCUT2D eigenvalue weighted by Crippen LogP contribution is -2.47. The third-order valence-corrected chi connectivity index (χ3v) is 7.90. The maximum atomic E-state index is 12.6. The number of likely N-dealkylation sites (N-methyl/N-ethyl adjacent to an activating group) is 1. The Morgan fingerprint density at radius 1 is 1.29 bits per heavy atom. The van der Waals surface area contributed by atoms with Crippen molar-refractivity contribution in [3.63, 3.8) is 0 Å². The van der Waals surface area contributed by atoms with Crippen molar-refractivity contribution in [2.75, 3.05) is 33.2 Å². The zero-order valence-electron chi connectivity index (χ0n) is 21.3. The first-order valence-electron chi connectivity index (χ1n) is 13.1. The topological polar surface area (TPSA) is 73.2 Å². The summed E-state index contributed by atoms with van der Waals surface area (Å²) in [5.74, 6) is 7.13. The number of amides is 1. The van der Waals surface area contributed by atoms with Gasteiger partial charge in [-0.25, -0.2) is 0 Å². The fourth-order valence-corrected chi connectivity index (χ4v) is 5.62. The first-order chi connectivity index (χ1) is 16.9. The zero-order valence-corrected chi connectivity index (χ0v) is 21.3. The molecule has 190 valence electrons. The van der Waals surface area contributed by atoms with Gasteiger partial charge in [0.25, 0.3) is 0 Å². The van der Waals surface area contributed by atoms with E-state index in [9.17, 15) is 15.0 Å². The van der Waals surface area contributed by atoms with Gasteiger partial charge in [-0.05, 0) is 38.3 Å². The van der Waals surface area contributed by atoms with Crippen LogP contribution >= 0.6 is 0 Å². The molecule has 6 atom stereocenters. The smallest absolute Gasteiger partial charge is 0.222 e. The Morgan fingerprint density at radius 3 is 2.80 bits per heavy atom. The summed E-state index contributed by atoms with van der Waals surface area (Å²) in [7, 11) is 2.10. The van der Waals surface area contributed by atoms with Crippen molar-refractivity contribution in [3.05, 3.63) is 41.5 Å². The summed E-state index contributed by atoms with van der Waals surface area (Å²) in [6.07, 6.45) is 6.07. The van der Waals surface area contributed by atoms with E-state index >= 15 is 0 Å². The molecule has 1 saturated heterocycles. The minimum atomic E-state index is -0.590. The molecule has 0 spiro atoms. The van der Waals surface area contributed by atoms with Crippen LogP contribution in [0.25, 0.3) is 0 Å². The molecule has 1 amide bonds. The largest absolute Gasteiger partial charge is 0.489 e. The molecular formula is C29H40N2O4. The average molecular weight is 481 g/mol. The standard InChI is InChI=1S/C29H40N2O4/c1-4-5-8-20(2)24(32)14-13-22-25(33)19-26-28(22)23-11-6-9-21(29(23)35-26)10-7-12-27(34)31-17-15-30(3)16-18-31/h6,9,11,13-14,20,22,24-26,28,32-33H,7-8,10,12,15-19H2,1-3H3/b14-13+/t20-,22-,24+,25+,26-,28-/m0/s1. The van der Waals surface area contributed by atoms with Crippen molar-refractivity contribution < 1.29 is 19.7 Å². The van der Waals surface area contributed by atoms with Gasteiger partial charge in [-0.2, -0.15) is 0 Å². The second kappa shape index (κ2) is 11.6. The Labute approximate surface area is 210 Å². The van der Waals surface area contributed by atoms with Gasteiger partial charge in [0.15, 0.2) is 0 Å². The summed E-state index contributed by atoms with van der Waals surface area (Å²) >= 11 is 0. The van der Waals surface area contributed by atoms with E-state index in [0.717, 1.165) is 55.9 Å². The Hall–Kier alpha value is -2.33. The van der Waals surface area contributed by atoms with Crippen molar-refractivity contribution in [1.82, 2.24) is 9.80 Å². The van der Waals surface area contributed by atoms with E-state index < -0.39 is 12.2 Å². The van der Waals surface area contributed by atoms with Crippen LogP contribution in [0.2, 0.25) is 0 Å². The second-order valence-corrected chi connectivity index (χ2v) is 10.4. The number of carbonyl (C=O) groups excluding carboxylic acids is 1. The van der Waals surface area contributed by atoms with Crippen LogP contribution in [0, 0.1) is 23.7 Å². The van der Waals surface area contributed by atoms with Crippen LogP contribution in [-0.4, -0.2) is 77.5 Å². The van der Waals surface area contributed by atoms with E-state index in [1.165, 1.54) is 0 Å². The van der Waals surface area contributed by atoms with Crippen molar-refractivity contribution in [1.29, 1.82) is 0 Å². The van der Waals surface area contributed by atoms with Crippen LogP contribution in [0.3, 0.4) is 0 Å². The lowest BCUT2D eigenvalue weighted by molar-refractivity contribution is -0.132. The van der Waals surface area contributed by atoms with Gasteiger partial charge in [-0.3, -0.25) is 4.79 Å². The van der Waals surface area contributed by atoms with E-state index in [4.69, 9.17) is 4.74 Å². The predicted molar refractivity (Wildman–Crippen MR) is 137 cm³/mol. The minimum absolute atomic E-state index is 0.0420. The predicted octanol–water partition coefficient (Wildman–Crippen LogP) is 2.98. The minimum Gasteiger partial charge on any atom is -0.489 e. The molecule has 1 saturated carbocycles. The molecule has 6 heteroatoms. The van der Waals surface area contributed by atoms with Crippen LogP contribution < -0.4 is 4.74 Å². The molecule has 4 rings (SSSR count). The molecule has 0 unspecified atom stereocenters. The van der Waals surface area contributed by atoms with Crippen LogP contribution in [-0.2, 0) is 11.2 Å². The summed E-state index contributed by atoms with van der Waals surface area (Å²) in [5.41, 5.74) is 2.29. The molecule has 0 bridgehead atoms. The Bertz CT molecular complexity index is 973. The van der Waals surface area contributed by atoms with E-state index in [-0.39, 0.29) is 29.8 Å². The number of hydrogen-bond acceptors (Lipinski definition) is 5. The molecule has 3 aliphatic rings. The van der Waals surface area contributed by atoms with E-state index in [2.05, 4.69) is 42.0 Å². The van der Waals surface area contributed by atoms with E-state index in [1.807, 2.05) is 24.0 Å². The molecule has 1 aromatic carbocycles. The van der Waals surface area contributed by atoms with Crippen LogP contribution in [0.4, 0.5) is 0 Å². The molecule has 2 heterocycles. The van der Waals surface area contributed by atoms with Crippen molar-refractivity contribution >= 4 is 5.91 Å². The highest BCUT2D eigenvalue weighted by Crippen LogP contribution is 2.52. The Kier molecular flexibility index (Phi) is 8.54. The monoisotopic (exact) mass is 480 g/mol. The summed E-state index contributed by atoms with van der Waals surface area (Å²) < 4.78 is 6.38. The molecule has 2 fully saturated rings.